The van der Waals surface area contributed by atoms with Gasteiger partial charge in [0.1, 0.15) is 6.54 Å². The summed E-state index contributed by atoms with van der Waals surface area (Å²) < 4.78 is 3.47. The van der Waals surface area contributed by atoms with E-state index < -0.39 is 12.0 Å². The molecule has 0 aliphatic carbocycles. The van der Waals surface area contributed by atoms with Gasteiger partial charge in [0.05, 0.1) is 0 Å². The third-order valence-corrected chi connectivity index (χ3v) is 2.13. The van der Waals surface area contributed by atoms with Crippen LogP contribution in [0.15, 0.2) is 0 Å². The van der Waals surface area contributed by atoms with Crippen LogP contribution in [-0.2, 0) is 4.79 Å². The van der Waals surface area contributed by atoms with Gasteiger partial charge in [0, 0.05) is 18.1 Å². The summed E-state index contributed by atoms with van der Waals surface area (Å²) in [6, 6.07) is -0.511. The summed E-state index contributed by atoms with van der Waals surface area (Å²) in [5, 5.41) is 18.1. The Kier molecular flexibility index (Phi) is 4.58. The molecule has 0 bridgehead atoms. The van der Waals surface area contributed by atoms with Gasteiger partial charge in [-0.25, -0.2) is 4.79 Å². The summed E-state index contributed by atoms with van der Waals surface area (Å²) in [6.45, 7) is 1.88. The predicted octanol–water partition coefficient (Wildman–Crippen LogP) is 0.262. The zero-order chi connectivity index (χ0) is 12.0. The Bertz CT molecular complexity index is 355. The Balaban J connectivity index is 2.56. The molecule has 1 aromatic rings. The highest BCUT2D eigenvalue weighted by Gasteiger charge is 2.16. The number of hydrogen-bond donors (Lipinski definition) is 2. The molecule has 0 saturated heterocycles. The van der Waals surface area contributed by atoms with Crippen LogP contribution in [0.4, 0.5) is 9.93 Å². The highest BCUT2D eigenvalue weighted by molar-refractivity contribution is 7.09. The van der Waals surface area contributed by atoms with Crippen molar-refractivity contribution in [2.24, 2.45) is 0 Å². The second kappa shape index (κ2) is 5.95. The number of aliphatic carboxylic acids is 1. The summed E-state index contributed by atoms with van der Waals surface area (Å²) in [4.78, 5) is 23.3. The first-order chi connectivity index (χ1) is 7.63. The lowest BCUT2D eigenvalue weighted by Crippen LogP contribution is -2.39. The maximum Gasteiger partial charge on any atom is 0.324 e. The maximum atomic E-state index is 11.6. The Morgan fingerprint density at radius 2 is 2.31 bits per heavy atom. The van der Waals surface area contributed by atoms with Crippen LogP contribution in [0.3, 0.4) is 0 Å². The van der Waals surface area contributed by atoms with Crippen LogP contribution in [-0.4, -0.2) is 49.9 Å². The van der Waals surface area contributed by atoms with E-state index in [9.17, 15) is 9.59 Å². The van der Waals surface area contributed by atoms with Gasteiger partial charge in [-0.05, 0) is 11.6 Å². The number of nitrogens with one attached hydrogen (secondary N) is 1. The third-order valence-electron chi connectivity index (χ3n) is 1.62. The molecule has 0 spiro atoms. The summed E-state index contributed by atoms with van der Waals surface area (Å²) >= 11 is 0.927. The molecule has 0 saturated carbocycles. The van der Waals surface area contributed by atoms with E-state index in [1.165, 1.54) is 4.90 Å². The van der Waals surface area contributed by atoms with E-state index in [4.69, 9.17) is 5.11 Å². The van der Waals surface area contributed by atoms with E-state index in [0.717, 1.165) is 11.5 Å². The number of anilines is 1. The van der Waals surface area contributed by atoms with Gasteiger partial charge < -0.3 is 10.0 Å². The lowest BCUT2D eigenvalue weighted by atomic mass is 10.4. The Morgan fingerprint density at radius 1 is 1.56 bits per heavy atom. The van der Waals surface area contributed by atoms with Crippen molar-refractivity contribution < 1.29 is 14.7 Å². The molecule has 0 aromatic carbocycles. The number of carbonyl (C=O) groups excluding carboxylic acids is 1. The number of urea groups is 1. The van der Waals surface area contributed by atoms with Gasteiger partial charge in [-0.2, -0.15) is 0 Å². The molecule has 1 aromatic heterocycles. The van der Waals surface area contributed by atoms with Crippen LogP contribution in [0, 0.1) is 0 Å². The molecule has 2 N–H and O–H groups in total. The maximum absolute atomic E-state index is 11.6. The molecule has 1 rings (SSSR count). The molecule has 0 atom stereocenters. The Labute approximate surface area is 95.4 Å². The van der Waals surface area contributed by atoms with Crippen LogP contribution >= 0.6 is 11.5 Å². The van der Waals surface area contributed by atoms with Crippen LogP contribution in [0.5, 0.6) is 0 Å². The van der Waals surface area contributed by atoms with Crippen LogP contribution in [0.1, 0.15) is 13.3 Å². The fourth-order valence-electron chi connectivity index (χ4n) is 1.04. The van der Waals surface area contributed by atoms with Gasteiger partial charge >= 0.3 is 12.0 Å². The lowest BCUT2D eigenvalue weighted by Gasteiger charge is -2.19. The monoisotopic (exact) mass is 245 g/mol. The molecule has 8 nitrogen and oxygen atoms in total. The number of carboxylic acid groups (broad SMARTS) is 1. The molecule has 88 valence electrons. The lowest BCUT2D eigenvalue weighted by molar-refractivity contribution is -0.137. The first kappa shape index (κ1) is 12.3. The molecule has 0 unspecified atom stereocenters. The molecule has 2 amide bonds. The molecule has 1 heterocycles. The Morgan fingerprint density at radius 3 is 2.81 bits per heavy atom. The minimum atomic E-state index is -1.06. The van der Waals surface area contributed by atoms with Gasteiger partial charge in [0.15, 0.2) is 0 Å². The second-order valence-electron chi connectivity index (χ2n) is 2.91. The van der Waals surface area contributed by atoms with Crippen molar-refractivity contribution in [2.45, 2.75) is 13.3 Å². The van der Waals surface area contributed by atoms with Crippen LogP contribution < -0.4 is 5.32 Å². The third kappa shape index (κ3) is 3.77. The second-order valence-corrected chi connectivity index (χ2v) is 3.65. The molecular formula is C7H11N5O3S. The summed E-state index contributed by atoms with van der Waals surface area (Å²) in [5.74, 6) is -1.06. The van der Waals surface area contributed by atoms with Gasteiger partial charge in [0.25, 0.3) is 0 Å². The van der Waals surface area contributed by atoms with Gasteiger partial charge in [-0.15, -0.1) is 0 Å². The number of aromatic nitrogens is 3. The SMILES string of the molecule is CCCN(CC(=O)O)C(=O)Nc1nnns1. The zero-order valence-corrected chi connectivity index (χ0v) is 9.40. The summed E-state index contributed by atoms with van der Waals surface area (Å²) in [5.41, 5.74) is 0. The highest BCUT2D eigenvalue weighted by Crippen LogP contribution is 2.06. The number of nitrogens with zero attached hydrogens (tertiary/aromatic N) is 4. The predicted molar refractivity (Wildman–Crippen MR) is 56.2 cm³/mol. The molecule has 0 radical (unpaired) electrons. The fraction of sp³-hybridized carbons (Fsp3) is 0.571. The normalized spacial score (nSPS) is 9.81. The largest absolute Gasteiger partial charge is 0.480 e. The number of carbonyl (C=O) groups is 2. The summed E-state index contributed by atoms with van der Waals surface area (Å²) in [6.07, 6.45) is 0.676. The van der Waals surface area contributed by atoms with Gasteiger partial charge in [-0.3, -0.25) is 10.1 Å². The highest BCUT2D eigenvalue weighted by atomic mass is 32.1. The first-order valence-corrected chi connectivity index (χ1v) is 5.33. The number of rotatable bonds is 5. The molecular weight excluding hydrogens is 234 g/mol. The van der Waals surface area contributed by atoms with Crippen molar-refractivity contribution >= 4 is 28.7 Å². The van der Waals surface area contributed by atoms with Crippen molar-refractivity contribution in [3.8, 4) is 0 Å². The molecule has 0 fully saturated rings. The van der Waals surface area contributed by atoms with Gasteiger partial charge in [-0.1, -0.05) is 16.5 Å². The van der Waals surface area contributed by atoms with E-state index in [0.29, 0.717) is 13.0 Å². The van der Waals surface area contributed by atoms with E-state index in [1.54, 1.807) is 0 Å². The number of amides is 2. The van der Waals surface area contributed by atoms with Crippen molar-refractivity contribution in [3.63, 3.8) is 0 Å². The quantitative estimate of drug-likeness (QED) is 0.770. The minimum Gasteiger partial charge on any atom is -0.480 e. The van der Waals surface area contributed by atoms with Crippen molar-refractivity contribution in [1.29, 1.82) is 0 Å². The van der Waals surface area contributed by atoms with Crippen LogP contribution in [0.25, 0.3) is 0 Å². The van der Waals surface area contributed by atoms with Crippen molar-refractivity contribution in [2.75, 3.05) is 18.4 Å². The first-order valence-electron chi connectivity index (χ1n) is 4.56. The molecule has 9 heteroatoms. The van der Waals surface area contributed by atoms with Crippen LogP contribution in [0.2, 0.25) is 0 Å². The van der Waals surface area contributed by atoms with Crippen molar-refractivity contribution in [3.05, 3.63) is 0 Å². The minimum absolute atomic E-state index is 0.247. The topological polar surface area (TPSA) is 108 Å². The number of carboxylic acids is 1. The van der Waals surface area contributed by atoms with E-state index >= 15 is 0 Å². The standard InChI is InChI=1S/C7H11N5O3S/c1-2-3-12(4-5(13)14)7(15)8-6-9-10-11-16-6/h2-4H2,1H3,(H,13,14)(H,8,9,11,15). The smallest absolute Gasteiger partial charge is 0.324 e. The van der Waals surface area contributed by atoms with E-state index in [1.807, 2.05) is 6.92 Å². The molecule has 0 aliphatic heterocycles. The van der Waals surface area contributed by atoms with E-state index in [2.05, 4.69) is 20.1 Å². The zero-order valence-electron chi connectivity index (χ0n) is 8.58. The average molecular weight is 245 g/mol. The summed E-state index contributed by atoms with van der Waals surface area (Å²) in [7, 11) is 0. The Hall–Kier alpha value is -1.77. The van der Waals surface area contributed by atoms with Gasteiger partial charge in [0.2, 0.25) is 5.13 Å². The van der Waals surface area contributed by atoms with E-state index in [-0.39, 0.29) is 11.7 Å². The molecule has 16 heavy (non-hydrogen) atoms. The number of hydrogen-bond acceptors (Lipinski definition) is 6. The van der Waals surface area contributed by atoms with Crippen molar-refractivity contribution in [1.82, 2.24) is 19.7 Å². The fourth-order valence-corrected chi connectivity index (χ4v) is 1.39. The average Bonchev–Trinajstić information content (AvgIpc) is 2.69. The molecule has 0 aliphatic rings.